The van der Waals surface area contributed by atoms with Gasteiger partial charge in [-0.1, -0.05) is 56.3 Å². The van der Waals surface area contributed by atoms with Crippen molar-refractivity contribution in [3.63, 3.8) is 0 Å². The second-order valence-corrected chi connectivity index (χ2v) is 6.06. The second-order valence-electron chi connectivity index (χ2n) is 6.06. The molecule has 0 saturated carbocycles. The number of carboxylic acid groups (broad SMARTS) is 1. The summed E-state index contributed by atoms with van der Waals surface area (Å²) in [6.45, 7) is 3.58. The highest BCUT2D eigenvalue weighted by Crippen LogP contribution is 2.24. The Hall–Kier alpha value is -3.20. The van der Waals surface area contributed by atoms with E-state index in [4.69, 9.17) is 0 Å². The van der Waals surface area contributed by atoms with Crippen LogP contribution in [0.5, 0.6) is 0 Å². The first-order valence-electron chi connectivity index (χ1n) is 7.89. The van der Waals surface area contributed by atoms with Gasteiger partial charge in [-0.2, -0.15) is 5.26 Å². The van der Waals surface area contributed by atoms with Gasteiger partial charge in [0.05, 0.1) is 23.5 Å². The second kappa shape index (κ2) is 8.06. The van der Waals surface area contributed by atoms with Crippen LogP contribution < -0.4 is 0 Å². The molecule has 0 heterocycles. The van der Waals surface area contributed by atoms with Crippen LogP contribution in [0.15, 0.2) is 53.8 Å². The molecule has 0 aliphatic carbocycles. The fraction of sp³-hybridized carbons (Fsp3) is 0.263. The first-order chi connectivity index (χ1) is 12.0. The van der Waals surface area contributed by atoms with Crippen molar-refractivity contribution in [1.82, 2.24) is 5.01 Å². The van der Waals surface area contributed by atoms with Gasteiger partial charge in [-0.25, -0.2) is 9.80 Å². The summed E-state index contributed by atoms with van der Waals surface area (Å²) in [4.78, 5) is 22.5. The summed E-state index contributed by atoms with van der Waals surface area (Å²) >= 11 is 0. The van der Waals surface area contributed by atoms with E-state index in [0.717, 1.165) is 21.7 Å². The summed E-state index contributed by atoms with van der Waals surface area (Å²) in [7, 11) is 0. The summed E-state index contributed by atoms with van der Waals surface area (Å²) in [6.07, 6.45) is 0. The number of carboxylic acids is 1. The summed E-state index contributed by atoms with van der Waals surface area (Å²) in [5, 5.41) is 22.4. The van der Waals surface area contributed by atoms with Gasteiger partial charge < -0.3 is 5.11 Å². The molecule has 1 atom stereocenters. The van der Waals surface area contributed by atoms with Crippen molar-refractivity contribution in [1.29, 1.82) is 5.26 Å². The van der Waals surface area contributed by atoms with Crippen molar-refractivity contribution >= 4 is 5.97 Å². The average molecular weight is 337 g/mol. The van der Waals surface area contributed by atoms with Crippen LogP contribution >= 0.6 is 0 Å². The lowest BCUT2D eigenvalue weighted by molar-refractivity contribution is -0.145. The summed E-state index contributed by atoms with van der Waals surface area (Å²) in [5.74, 6) is -1.33. The van der Waals surface area contributed by atoms with Gasteiger partial charge in [0.15, 0.2) is 0 Å². The maximum Gasteiger partial charge on any atom is 0.328 e. The van der Waals surface area contributed by atoms with Gasteiger partial charge in [0, 0.05) is 0 Å². The molecule has 0 bridgehead atoms. The monoisotopic (exact) mass is 337 g/mol. The Labute approximate surface area is 146 Å². The minimum absolute atomic E-state index is 0.110. The van der Waals surface area contributed by atoms with E-state index in [1.54, 1.807) is 32.0 Å². The SMILES string of the molecule is CC(C)[C@H](C(=O)O)N(Cc1ccc(-c2ccccc2C#N)cc1)N=O. The Kier molecular flexibility index (Phi) is 5.85. The molecule has 6 nitrogen and oxygen atoms in total. The van der Waals surface area contributed by atoms with Crippen LogP contribution in [0.1, 0.15) is 25.0 Å². The van der Waals surface area contributed by atoms with Crippen LogP contribution in [-0.2, 0) is 11.3 Å². The van der Waals surface area contributed by atoms with Crippen LogP contribution in [0.3, 0.4) is 0 Å². The fourth-order valence-electron chi connectivity index (χ4n) is 2.74. The molecule has 25 heavy (non-hydrogen) atoms. The van der Waals surface area contributed by atoms with Gasteiger partial charge in [0.2, 0.25) is 0 Å². The maximum atomic E-state index is 11.4. The molecule has 0 aliphatic rings. The van der Waals surface area contributed by atoms with Crippen molar-refractivity contribution in [2.24, 2.45) is 11.2 Å². The highest BCUT2D eigenvalue weighted by atomic mass is 16.4. The lowest BCUT2D eigenvalue weighted by Gasteiger charge is -2.25. The first kappa shape index (κ1) is 18.1. The lowest BCUT2D eigenvalue weighted by Crippen LogP contribution is -2.41. The van der Waals surface area contributed by atoms with Crippen molar-refractivity contribution in [3.8, 4) is 17.2 Å². The standard InChI is InChI=1S/C19H19N3O3/c1-13(2)18(19(23)24)22(21-25)12-14-7-9-15(10-8-14)17-6-4-3-5-16(17)11-20/h3-10,13,18H,12H2,1-2H3,(H,23,24)/t18-/m1/s1. The predicted molar refractivity (Wildman–Crippen MR) is 94.2 cm³/mol. The molecule has 0 unspecified atom stereocenters. The van der Waals surface area contributed by atoms with E-state index in [2.05, 4.69) is 11.4 Å². The quantitative estimate of drug-likeness (QED) is 0.612. The number of nitriles is 1. The van der Waals surface area contributed by atoms with Crippen molar-refractivity contribution < 1.29 is 9.90 Å². The molecular weight excluding hydrogens is 318 g/mol. The van der Waals surface area contributed by atoms with Crippen LogP contribution in [0, 0.1) is 22.2 Å². The smallest absolute Gasteiger partial charge is 0.328 e. The van der Waals surface area contributed by atoms with Gasteiger partial charge in [0.1, 0.15) is 6.04 Å². The number of benzene rings is 2. The molecule has 0 aromatic heterocycles. The fourth-order valence-corrected chi connectivity index (χ4v) is 2.74. The number of hydrogen-bond acceptors (Lipinski definition) is 4. The highest BCUT2D eigenvalue weighted by molar-refractivity contribution is 5.73. The molecule has 0 amide bonds. The number of hydrogen-bond donors (Lipinski definition) is 1. The normalized spacial score (nSPS) is 11.6. The lowest BCUT2D eigenvalue weighted by atomic mass is 9.99. The molecule has 1 N–H and O–H groups in total. The molecule has 2 aromatic rings. The number of carbonyl (C=O) groups is 1. The van der Waals surface area contributed by atoms with Crippen LogP contribution in [0.2, 0.25) is 0 Å². The first-order valence-corrected chi connectivity index (χ1v) is 7.89. The minimum atomic E-state index is -1.07. The van der Waals surface area contributed by atoms with Crippen LogP contribution in [0.4, 0.5) is 0 Å². The third kappa shape index (κ3) is 4.21. The topological polar surface area (TPSA) is 93.8 Å². The van der Waals surface area contributed by atoms with Gasteiger partial charge >= 0.3 is 5.97 Å². The summed E-state index contributed by atoms with van der Waals surface area (Å²) in [5.41, 5.74) is 3.06. The van der Waals surface area contributed by atoms with E-state index >= 15 is 0 Å². The number of rotatable bonds is 7. The Morgan fingerprint density at radius 2 is 1.84 bits per heavy atom. The zero-order valence-corrected chi connectivity index (χ0v) is 14.1. The van der Waals surface area contributed by atoms with Crippen molar-refractivity contribution in [2.45, 2.75) is 26.4 Å². The van der Waals surface area contributed by atoms with E-state index in [1.165, 1.54) is 0 Å². The van der Waals surface area contributed by atoms with Crippen LogP contribution in [-0.4, -0.2) is 22.1 Å². The summed E-state index contributed by atoms with van der Waals surface area (Å²) < 4.78 is 0. The van der Waals surface area contributed by atoms with E-state index in [1.807, 2.05) is 30.3 Å². The van der Waals surface area contributed by atoms with Gasteiger partial charge in [0.25, 0.3) is 0 Å². The zero-order valence-electron chi connectivity index (χ0n) is 14.1. The Morgan fingerprint density at radius 1 is 1.20 bits per heavy atom. The predicted octanol–water partition coefficient (Wildman–Crippen LogP) is 3.82. The number of nitroso groups, excluding NO2 is 1. The maximum absolute atomic E-state index is 11.4. The Bertz CT molecular complexity index is 794. The molecule has 6 heteroatoms. The Balaban J connectivity index is 2.23. The van der Waals surface area contributed by atoms with E-state index in [9.17, 15) is 20.1 Å². The molecule has 0 aliphatic heterocycles. The van der Waals surface area contributed by atoms with Crippen molar-refractivity contribution in [2.75, 3.05) is 0 Å². The Morgan fingerprint density at radius 3 is 2.36 bits per heavy atom. The van der Waals surface area contributed by atoms with Gasteiger partial charge in [-0.3, -0.25) is 0 Å². The van der Waals surface area contributed by atoms with E-state index < -0.39 is 12.0 Å². The average Bonchev–Trinajstić information content (AvgIpc) is 2.61. The third-order valence-corrected chi connectivity index (χ3v) is 3.97. The molecular formula is C19H19N3O3. The molecule has 0 radical (unpaired) electrons. The van der Waals surface area contributed by atoms with E-state index in [0.29, 0.717) is 5.56 Å². The number of aliphatic carboxylic acids is 1. The largest absolute Gasteiger partial charge is 0.480 e. The minimum Gasteiger partial charge on any atom is -0.480 e. The highest BCUT2D eigenvalue weighted by Gasteiger charge is 2.29. The molecule has 0 spiro atoms. The third-order valence-electron chi connectivity index (χ3n) is 3.97. The molecule has 0 fully saturated rings. The number of nitrogens with zero attached hydrogens (tertiary/aromatic N) is 3. The molecule has 2 rings (SSSR count). The van der Waals surface area contributed by atoms with Crippen LogP contribution in [0.25, 0.3) is 11.1 Å². The van der Waals surface area contributed by atoms with E-state index in [-0.39, 0.29) is 12.5 Å². The molecule has 2 aromatic carbocycles. The molecule has 128 valence electrons. The zero-order chi connectivity index (χ0) is 18.4. The van der Waals surface area contributed by atoms with Crippen molar-refractivity contribution in [3.05, 3.63) is 64.6 Å². The summed E-state index contributed by atoms with van der Waals surface area (Å²) in [6, 6.07) is 15.8. The van der Waals surface area contributed by atoms with Gasteiger partial charge in [-0.15, -0.1) is 4.91 Å². The van der Waals surface area contributed by atoms with Gasteiger partial charge in [-0.05, 0) is 28.7 Å². The molecule has 0 saturated heterocycles.